The number of hydrogen-bond donors (Lipinski definition) is 1. The van der Waals surface area contributed by atoms with E-state index in [0.717, 1.165) is 5.56 Å². The zero-order chi connectivity index (χ0) is 26.1. The Morgan fingerprint density at radius 1 is 1.08 bits per heavy atom. The molecule has 13 heteroatoms. The Bertz CT molecular complexity index is 1080. The number of ether oxygens (including phenoxy) is 2. The highest BCUT2D eigenvalue weighted by atomic mass is 19.4. The van der Waals surface area contributed by atoms with E-state index in [0.29, 0.717) is 18.7 Å². The summed E-state index contributed by atoms with van der Waals surface area (Å²) in [7, 11) is 0. The van der Waals surface area contributed by atoms with Gasteiger partial charge in [-0.1, -0.05) is 35.4 Å². The molecule has 0 aliphatic carbocycles. The molecule has 36 heavy (non-hydrogen) atoms. The molecule has 0 aromatic heterocycles. The molecule has 1 N–H and O–H groups in total. The maximum atomic E-state index is 13.3. The molecule has 2 aromatic carbocycles. The molecule has 1 saturated heterocycles. The highest BCUT2D eigenvalue weighted by Crippen LogP contribution is 2.39. The molecule has 194 valence electrons. The number of halogens is 6. The van der Waals surface area contributed by atoms with Crippen molar-refractivity contribution >= 4 is 6.03 Å². The minimum absolute atomic E-state index is 0.0757. The van der Waals surface area contributed by atoms with Gasteiger partial charge in [0, 0.05) is 13.1 Å². The molecular formula is C23H22F6N4O3. The molecular weight excluding hydrogens is 494 g/mol. The number of alkyl halides is 6. The fourth-order valence-corrected chi connectivity index (χ4v) is 4.15. The number of benzene rings is 2. The standard InChI is InChI=1S/C23H22F6N4O3/c1-13(15-9-16(22(24,25)26)11-17(10-15)23(27,28)29)36-20-19(14-5-3-2-4-6-14)33(7-8-35-20)12-18-30-21(34)32-31-18/h2-6,9-11,13,18-20H,7-8,12H2,1H3,(H,30,34)/t13-,18?,19+,20-/m1/s1. The van der Waals surface area contributed by atoms with Crippen LogP contribution in [0.2, 0.25) is 0 Å². The van der Waals surface area contributed by atoms with Gasteiger partial charge >= 0.3 is 18.4 Å². The molecule has 4 atom stereocenters. The van der Waals surface area contributed by atoms with Crippen LogP contribution in [0.1, 0.15) is 41.3 Å². The lowest BCUT2D eigenvalue weighted by molar-refractivity contribution is -0.230. The van der Waals surface area contributed by atoms with Gasteiger partial charge in [-0.05, 0) is 36.2 Å². The van der Waals surface area contributed by atoms with E-state index in [9.17, 15) is 31.1 Å². The van der Waals surface area contributed by atoms with E-state index in [4.69, 9.17) is 9.47 Å². The minimum Gasteiger partial charge on any atom is -0.349 e. The lowest BCUT2D eigenvalue weighted by Crippen LogP contribution is -2.50. The van der Waals surface area contributed by atoms with Gasteiger partial charge in [-0.3, -0.25) is 4.90 Å². The van der Waals surface area contributed by atoms with Crippen molar-refractivity contribution in [3.05, 3.63) is 70.8 Å². The van der Waals surface area contributed by atoms with Gasteiger partial charge < -0.3 is 14.8 Å². The Kier molecular flexibility index (Phi) is 7.34. The van der Waals surface area contributed by atoms with Crippen LogP contribution in [0.25, 0.3) is 0 Å². The number of urea groups is 1. The van der Waals surface area contributed by atoms with Crippen molar-refractivity contribution in [2.75, 3.05) is 19.7 Å². The molecule has 0 radical (unpaired) electrons. The van der Waals surface area contributed by atoms with Crippen LogP contribution in [-0.4, -0.2) is 43.1 Å². The monoisotopic (exact) mass is 516 g/mol. The number of rotatable bonds is 6. The smallest absolute Gasteiger partial charge is 0.349 e. The quantitative estimate of drug-likeness (QED) is 0.500. The Labute approximate surface area is 202 Å². The summed E-state index contributed by atoms with van der Waals surface area (Å²) >= 11 is 0. The van der Waals surface area contributed by atoms with Gasteiger partial charge in [-0.15, -0.1) is 0 Å². The van der Waals surface area contributed by atoms with Gasteiger partial charge in [-0.2, -0.15) is 31.5 Å². The van der Waals surface area contributed by atoms with Crippen LogP contribution in [0, 0.1) is 0 Å². The Balaban J connectivity index is 1.62. The summed E-state index contributed by atoms with van der Waals surface area (Å²) < 4.78 is 91.7. The minimum atomic E-state index is -4.97. The van der Waals surface area contributed by atoms with Gasteiger partial charge in [0.05, 0.1) is 29.9 Å². The van der Waals surface area contributed by atoms with Crippen molar-refractivity contribution < 1.29 is 40.6 Å². The van der Waals surface area contributed by atoms with Crippen LogP contribution in [0.3, 0.4) is 0 Å². The Morgan fingerprint density at radius 3 is 2.28 bits per heavy atom. The fourth-order valence-electron chi connectivity index (χ4n) is 4.15. The van der Waals surface area contributed by atoms with Crippen LogP contribution in [-0.2, 0) is 21.8 Å². The van der Waals surface area contributed by atoms with Crippen LogP contribution < -0.4 is 5.32 Å². The zero-order valence-corrected chi connectivity index (χ0v) is 18.9. The normalized spacial score (nSPS) is 24.1. The number of nitrogens with one attached hydrogen (secondary N) is 1. The number of carbonyl (C=O) groups is 1. The zero-order valence-electron chi connectivity index (χ0n) is 18.9. The van der Waals surface area contributed by atoms with Crippen LogP contribution in [0.5, 0.6) is 0 Å². The third kappa shape index (κ3) is 6.02. The number of nitrogens with zero attached hydrogens (tertiary/aromatic N) is 3. The number of azo groups is 1. The van der Waals surface area contributed by atoms with Gasteiger partial charge in [-0.25, -0.2) is 4.79 Å². The largest absolute Gasteiger partial charge is 0.416 e. The molecule has 1 unspecified atom stereocenters. The van der Waals surface area contributed by atoms with Crippen molar-refractivity contribution in [1.29, 1.82) is 0 Å². The van der Waals surface area contributed by atoms with Gasteiger partial charge in [0.1, 0.15) is 0 Å². The summed E-state index contributed by atoms with van der Waals surface area (Å²) in [4.78, 5) is 13.3. The molecule has 0 saturated carbocycles. The first-order chi connectivity index (χ1) is 16.9. The second-order valence-corrected chi connectivity index (χ2v) is 8.39. The highest BCUT2D eigenvalue weighted by Gasteiger charge is 2.40. The van der Waals surface area contributed by atoms with E-state index >= 15 is 0 Å². The average molecular weight is 516 g/mol. The molecule has 2 heterocycles. The Morgan fingerprint density at radius 2 is 1.72 bits per heavy atom. The molecule has 1 fully saturated rings. The molecule has 2 aromatic rings. The van der Waals surface area contributed by atoms with Crippen molar-refractivity contribution in [3.8, 4) is 0 Å². The molecule has 7 nitrogen and oxygen atoms in total. The number of carbonyl (C=O) groups excluding carboxylic acids is 1. The van der Waals surface area contributed by atoms with Crippen molar-refractivity contribution in [1.82, 2.24) is 10.2 Å². The molecule has 4 rings (SSSR count). The summed E-state index contributed by atoms with van der Waals surface area (Å²) in [6, 6.07) is 9.17. The van der Waals surface area contributed by atoms with Gasteiger partial charge in [0.15, 0.2) is 12.5 Å². The Hall–Kier alpha value is -3.03. The lowest BCUT2D eigenvalue weighted by atomic mass is 10.0. The van der Waals surface area contributed by atoms with Crippen molar-refractivity contribution in [2.45, 2.75) is 43.9 Å². The first-order valence-corrected chi connectivity index (χ1v) is 11.0. The number of morpholine rings is 1. The highest BCUT2D eigenvalue weighted by molar-refractivity contribution is 5.75. The van der Waals surface area contributed by atoms with E-state index in [1.807, 2.05) is 4.90 Å². The summed E-state index contributed by atoms with van der Waals surface area (Å²) in [5.74, 6) is 0. The van der Waals surface area contributed by atoms with Crippen LogP contribution in [0.4, 0.5) is 31.1 Å². The predicted octanol–water partition coefficient (Wildman–Crippen LogP) is 5.70. The first kappa shape index (κ1) is 26.0. The van der Waals surface area contributed by atoms with Crippen LogP contribution in [0.15, 0.2) is 58.8 Å². The summed E-state index contributed by atoms with van der Waals surface area (Å²) in [6.45, 7) is 2.20. The van der Waals surface area contributed by atoms with E-state index in [-0.39, 0.29) is 24.8 Å². The van der Waals surface area contributed by atoms with E-state index in [1.165, 1.54) is 6.92 Å². The number of hydrogen-bond acceptors (Lipinski definition) is 5. The average Bonchev–Trinajstić information content (AvgIpc) is 3.23. The maximum Gasteiger partial charge on any atom is 0.416 e. The number of amides is 2. The molecule has 2 amide bonds. The van der Waals surface area contributed by atoms with Gasteiger partial charge in [0.2, 0.25) is 0 Å². The fraction of sp³-hybridized carbons (Fsp3) is 0.435. The van der Waals surface area contributed by atoms with E-state index < -0.39 is 54.1 Å². The predicted molar refractivity (Wildman–Crippen MR) is 114 cm³/mol. The first-order valence-electron chi connectivity index (χ1n) is 11.0. The van der Waals surface area contributed by atoms with Crippen molar-refractivity contribution in [3.63, 3.8) is 0 Å². The molecule has 2 aliphatic heterocycles. The third-order valence-electron chi connectivity index (χ3n) is 5.86. The summed E-state index contributed by atoms with van der Waals surface area (Å²) in [6.07, 6.45) is -12.8. The van der Waals surface area contributed by atoms with E-state index in [2.05, 4.69) is 15.5 Å². The molecule has 2 aliphatic rings. The van der Waals surface area contributed by atoms with Crippen molar-refractivity contribution in [2.24, 2.45) is 10.2 Å². The topological polar surface area (TPSA) is 75.5 Å². The molecule has 0 bridgehead atoms. The third-order valence-corrected chi connectivity index (χ3v) is 5.86. The van der Waals surface area contributed by atoms with Crippen LogP contribution >= 0.6 is 0 Å². The maximum absolute atomic E-state index is 13.3. The SMILES string of the molecule is C[C@@H](O[C@H]1OCCN(CC2N=NC(=O)N2)[C@H]1c1ccccc1)c1cc(C(F)(F)F)cc(C(F)(F)F)c1. The summed E-state index contributed by atoms with van der Waals surface area (Å²) in [5, 5.41) is 9.90. The molecule has 0 spiro atoms. The summed E-state index contributed by atoms with van der Waals surface area (Å²) in [5.41, 5.74) is -2.39. The lowest BCUT2D eigenvalue weighted by Gasteiger charge is -2.42. The van der Waals surface area contributed by atoms with E-state index in [1.54, 1.807) is 30.3 Å². The second kappa shape index (κ2) is 10.1. The van der Waals surface area contributed by atoms with Gasteiger partial charge in [0.25, 0.3) is 0 Å². The second-order valence-electron chi connectivity index (χ2n) is 8.39.